The van der Waals surface area contributed by atoms with Crippen molar-refractivity contribution in [2.24, 2.45) is 0 Å². The summed E-state index contributed by atoms with van der Waals surface area (Å²) in [4.78, 5) is 10.6. The van der Waals surface area contributed by atoms with E-state index in [-0.39, 0.29) is 0 Å². The monoisotopic (exact) mass is 288 g/mol. The Labute approximate surface area is 122 Å². The summed E-state index contributed by atoms with van der Waals surface area (Å²) < 4.78 is 5.65. The molecule has 0 aromatic heterocycles. The third kappa shape index (κ3) is 3.87. The van der Waals surface area contributed by atoms with Gasteiger partial charge in [-0.05, 0) is 54.5 Å². The molecule has 2 aromatic carbocycles. The van der Waals surface area contributed by atoms with E-state index in [9.17, 15) is 4.79 Å². The Morgan fingerprint density at radius 2 is 1.55 bits per heavy atom. The van der Waals surface area contributed by atoms with E-state index in [0.29, 0.717) is 22.1 Å². The second kappa shape index (κ2) is 6.26. The number of rotatable bonds is 4. The molecule has 0 fully saturated rings. The van der Waals surface area contributed by atoms with Gasteiger partial charge in [-0.15, -0.1) is 0 Å². The van der Waals surface area contributed by atoms with Gasteiger partial charge in [0, 0.05) is 11.1 Å². The van der Waals surface area contributed by atoms with Crippen LogP contribution in [0, 0.1) is 0 Å². The fourth-order valence-electron chi connectivity index (χ4n) is 1.69. The zero-order chi connectivity index (χ0) is 14.5. The molecule has 0 saturated carbocycles. The van der Waals surface area contributed by atoms with Crippen LogP contribution in [-0.4, -0.2) is 11.1 Å². The molecule has 102 valence electrons. The molecule has 0 aliphatic heterocycles. The van der Waals surface area contributed by atoms with E-state index in [1.165, 1.54) is 6.08 Å². The Bertz CT molecular complexity index is 628. The number of hydrogen-bond acceptors (Lipinski definition) is 2. The lowest BCUT2D eigenvalue weighted by molar-refractivity contribution is -0.131. The van der Waals surface area contributed by atoms with Gasteiger partial charge >= 0.3 is 5.97 Å². The van der Waals surface area contributed by atoms with E-state index < -0.39 is 5.97 Å². The smallest absolute Gasteiger partial charge is 0.328 e. The Kier molecular flexibility index (Phi) is 4.43. The second-order valence-corrected chi connectivity index (χ2v) is 4.68. The lowest BCUT2D eigenvalue weighted by Gasteiger charge is -2.07. The van der Waals surface area contributed by atoms with Gasteiger partial charge in [0.25, 0.3) is 0 Å². The molecule has 0 aliphatic rings. The Balaban J connectivity index is 2.12. The van der Waals surface area contributed by atoms with Crippen molar-refractivity contribution in [3.8, 4) is 11.5 Å². The predicted octanol–water partition coefficient (Wildman–Crippen LogP) is 4.62. The van der Waals surface area contributed by atoms with Gasteiger partial charge in [-0.1, -0.05) is 23.7 Å². The van der Waals surface area contributed by atoms with Crippen molar-refractivity contribution < 1.29 is 14.6 Å². The summed E-state index contributed by atoms with van der Waals surface area (Å²) in [6, 6.07) is 14.3. The maximum absolute atomic E-state index is 10.6. The summed E-state index contributed by atoms with van der Waals surface area (Å²) in [6.07, 6.45) is 1.18. The van der Waals surface area contributed by atoms with Crippen LogP contribution in [0.25, 0.3) is 5.57 Å². The van der Waals surface area contributed by atoms with Crippen molar-refractivity contribution in [2.45, 2.75) is 6.92 Å². The normalized spacial score (nSPS) is 11.2. The first-order chi connectivity index (χ1) is 9.54. The van der Waals surface area contributed by atoms with Gasteiger partial charge < -0.3 is 9.84 Å². The number of carboxylic acids is 1. The Morgan fingerprint density at radius 3 is 2.05 bits per heavy atom. The summed E-state index contributed by atoms with van der Waals surface area (Å²) in [5, 5.41) is 9.36. The van der Waals surface area contributed by atoms with Gasteiger partial charge in [-0.3, -0.25) is 0 Å². The van der Waals surface area contributed by atoms with Gasteiger partial charge in [0.2, 0.25) is 0 Å². The average molecular weight is 289 g/mol. The fraction of sp³-hybridized carbons (Fsp3) is 0.0625. The predicted molar refractivity (Wildman–Crippen MR) is 79.3 cm³/mol. The number of aliphatic carboxylic acids is 1. The highest BCUT2D eigenvalue weighted by molar-refractivity contribution is 6.30. The van der Waals surface area contributed by atoms with Crippen LogP contribution in [-0.2, 0) is 4.79 Å². The molecule has 0 saturated heterocycles. The van der Waals surface area contributed by atoms with E-state index in [1.54, 1.807) is 43.3 Å². The number of hydrogen-bond donors (Lipinski definition) is 1. The zero-order valence-electron chi connectivity index (χ0n) is 10.8. The lowest BCUT2D eigenvalue weighted by Crippen LogP contribution is -1.90. The molecule has 0 heterocycles. The molecule has 1 N–H and O–H groups in total. The van der Waals surface area contributed by atoms with Crippen LogP contribution in [0.5, 0.6) is 11.5 Å². The molecule has 2 aromatic rings. The molecular formula is C16H13ClO3. The fourth-order valence-corrected chi connectivity index (χ4v) is 1.82. The summed E-state index contributed by atoms with van der Waals surface area (Å²) in [7, 11) is 0. The van der Waals surface area contributed by atoms with E-state index >= 15 is 0 Å². The van der Waals surface area contributed by atoms with Crippen LogP contribution in [0.4, 0.5) is 0 Å². The summed E-state index contributed by atoms with van der Waals surface area (Å²) in [5.74, 6) is 0.420. The Morgan fingerprint density at radius 1 is 1.05 bits per heavy atom. The molecule has 4 heteroatoms. The highest BCUT2D eigenvalue weighted by Gasteiger charge is 2.01. The first-order valence-corrected chi connectivity index (χ1v) is 6.37. The molecule has 0 atom stereocenters. The van der Waals surface area contributed by atoms with Crippen LogP contribution in [0.2, 0.25) is 5.02 Å². The summed E-state index contributed by atoms with van der Waals surface area (Å²) in [5.41, 5.74) is 1.53. The molecular weight excluding hydrogens is 276 g/mol. The van der Waals surface area contributed by atoms with Crippen molar-refractivity contribution in [1.82, 2.24) is 0 Å². The molecule has 20 heavy (non-hydrogen) atoms. The summed E-state index contributed by atoms with van der Waals surface area (Å²) >= 11 is 5.80. The average Bonchev–Trinajstić information content (AvgIpc) is 2.41. The van der Waals surface area contributed by atoms with Gasteiger partial charge in [0.1, 0.15) is 11.5 Å². The highest BCUT2D eigenvalue weighted by atomic mass is 35.5. The summed E-state index contributed by atoms with van der Waals surface area (Å²) in [6.45, 7) is 1.75. The maximum Gasteiger partial charge on any atom is 0.328 e. The molecule has 0 spiro atoms. The van der Waals surface area contributed by atoms with Crippen LogP contribution < -0.4 is 4.74 Å². The lowest BCUT2D eigenvalue weighted by atomic mass is 10.1. The Hall–Kier alpha value is -2.26. The van der Waals surface area contributed by atoms with Crippen LogP contribution in [0.1, 0.15) is 12.5 Å². The van der Waals surface area contributed by atoms with Gasteiger partial charge in [0.05, 0.1) is 0 Å². The van der Waals surface area contributed by atoms with Gasteiger partial charge in [0.15, 0.2) is 0 Å². The molecule has 0 radical (unpaired) electrons. The number of ether oxygens (including phenoxy) is 1. The third-order valence-electron chi connectivity index (χ3n) is 2.70. The van der Waals surface area contributed by atoms with Crippen LogP contribution in [0.3, 0.4) is 0 Å². The molecule has 2 rings (SSSR count). The molecule has 3 nitrogen and oxygen atoms in total. The zero-order valence-corrected chi connectivity index (χ0v) is 11.6. The van der Waals surface area contributed by atoms with Crippen molar-refractivity contribution in [2.75, 3.05) is 0 Å². The number of benzene rings is 2. The van der Waals surface area contributed by atoms with Crippen molar-refractivity contribution in [3.63, 3.8) is 0 Å². The van der Waals surface area contributed by atoms with E-state index in [4.69, 9.17) is 21.4 Å². The van der Waals surface area contributed by atoms with Gasteiger partial charge in [-0.25, -0.2) is 4.79 Å². The third-order valence-corrected chi connectivity index (χ3v) is 2.95. The van der Waals surface area contributed by atoms with Crippen molar-refractivity contribution in [3.05, 3.63) is 65.2 Å². The maximum atomic E-state index is 10.6. The minimum atomic E-state index is -0.955. The minimum absolute atomic E-state index is 0.655. The highest BCUT2D eigenvalue weighted by Crippen LogP contribution is 2.24. The SMILES string of the molecule is CC(=CC(=O)O)c1ccc(Oc2ccc(Cl)cc2)cc1. The first kappa shape index (κ1) is 14.2. The minimum Gasteiger partial charge on any atom is -0.478 e. The van der Waals surface area contributed by atoms with Crippen LogP contribution in [0.15, 0.2) is 54.6 Å². The van der Waals surface area contributed by atoms with E-state index in [1.807, 2.05) is 12.1 Å². The second-order valence-electron chi connectivity index (χ2n) is 4.25. The topological polar surface area (TPSA) is 46.5 Å². The van der Waals surface area contributed by atoms with Gasteiger partial charge in [-0.2, -0.15) is 0 Å². The molecule has 0 amide bonds. The molecule has 0 unspecified atom stereocenters. The van der Waals surface area contributed by atoms with Crippen molar-refractivity contribution >= 4 is 23.1 Å². The standard InChI is InChI=1S/C16H13ClO3/c1-11(10-16(18)19)12-2-6-14(7-3-12)20-15-8-4-13(17)5-9-15/h2-10H,1H3,(H,18,19). The molecule has 0 aliphatic carbocycles. The first-order valence-electron chi connectivity index (χ1n) is 6.00. The number of carboxylic acid groups (broad SMARTS) is 1. The largest absolute Gasteiger partial charge is 0.478 e. The number of carbonyl (C=O) groups is 1. The number of halogens is 1. The molecule has 0 bridgehead atoms. The quantitative estimate of drug-likeness (QED) is 0.835. The van der Waals surface area contributed by atoms with Crippen LogP contribution >= 0.6 is 11.6 Å². The van der Waals surface area contributed by atoms with E-state index in [2.05, 4.69) is 0 Å². The van der Waals surface area contributed by atoms with Crippen molar-refractivity contribution in [1.29, 1.82) is 0 Å². The van der Waals surface area contributed by atoms with E-state index in [0.717, 1.165) is 5.56 Å². The number of allylic oxidation sites excluding steroid dienone is 1.